The van der Waals surface area contributed by atoms with Crippen LogP contribution in [0.15, 0.2) is 10.1 Å². The average molecular weight is 323 g/mol. The monoisotopic (exact) mass is 322 g/mol. The molecule has 1 unspecified atom stereocenters. The number of carboxylic acids is 1. The highest BCUT2D eigenvalue weighted by molar-refractivity contribution is 6.58. The number of aliphatic carboxylic acids is 1. The van der Waals surface area contributed by atoms with Gasteiger partial charge in [-0.3, -0.25) is 19.3 Å². The van der Waals surface area contributed by atoms with Crippen LogP contribution < -0.4 is 5.32 Å². The van der Waals surface area contributed by atoms with E-state index in [-0.39, 0.29) is 5.92 Å². The summed E-state index contributed by atoms with van der Waals surface area (Å²) in [6, 6.07) is -1.12. The third kappa shape index (κ3) is 3.29. The van der Waals surface area contributed by atoms with Gasteiger partial charge in [0.15, 0.2) is 0 Å². The molecule has 2 N–H and O–H groups in total. The summed E-state index contributed by atoms with van der Waals surface area (Å²) in [4.78, 5) is 46.3. The lowest BCUT2D eigenvalue weighted by molar-refractivity contribution is -0.144. The fraction of sp³-hybridized carbons (Fsp3) is 0.455. The Morgan fingerprint density at radius 1 is 1.20 bits per heavy atom. The Balaban J connectivity index is 2.72. The summed E-state index contributed by atoms with van der Waals surface area (Å²) in [7, 11) is 0. The summed E-state index contributed by atoms with van der Waals surface area (Å²) in [5.41, 5.74) is 0. The molecule has 0 aromatic carbocycles. The maximum absolute atomic E-state index is 11.7. The average Bonchev–Trinajstić information content (AvgIpc) is 2.53. The Bertz CT molecular complexity index is 491. The van der Waals surface area contributed by atoms with Gasteiger partial charge in [-0.1, -0.05) is 37.0 Å². The van der Waals surface area contributed by atoms with Gasteiger partial charge in [0.2, 0.25) is 5.91 Å². The predicted octanol–water partition coefficient (Wildman–Crippen LogP) is 0.270. The number of carbonyl (C=O) groups excluding carboxylic acids is 3. The summed E-state index contributed by atoms with van der Waals surface area (Å²) < 4.78 is 0. The highest BCUT2D eigenvalue weighted by Gasteiger charge is 2.38. The fourth-order valence-corrected chi connectivity index (χ4v) is 1.90. The first-order chi connectivity index (χ1) is 9.16. The van der Waals surface area contributed by atoms with Gasteiger partial charge in [-0.2, -0.15) is 0 Å². The van der Waals surface area contributed by atoms with E-state index in [0.717, 1.165) is 0 Å². The number of imide groups is 1. The van der Waals surface area contributed by atoms with Crippen LogP contribution in [0.2, 0.25) is 0 Å². The van der Waals surface area contributed by atoms with E-state index >= 15 is 0 Å². The van der Waals surface area contributed by atoms with Crippen LogP contribution in [-0.2, 0) is 19.2 Å². The standard InChI is InChI=1S/C11H12Cl2N2O5/c1-4(2)8(11(19)20)14-5(16)3-15-9(17)6(12)7(13)10(15)18/h4,8H,3H2,1-2H3,(H,14,16)(H,19,20). The Kier molecular flexibility index (Phi) is 5.13. The molecule has 0 fully saturated rings. The summed E-state index contributed by atoms with van der Waals surface area (Å²) in [5.74, 6) is -4.11. The lowest BCUT2D eigenvalue weighted by Crippen LogP contribution is -2.49. The van der Waals surface area contributed by atoms with Crippen LogP contribution in [-0.4, -0.2) is 46.3 Å². The molecule has 1 heterocycles. The quantitative estimate of drug-likeness (QED) is 0.707. The summed E-state index contributed by atoms with van der Waals surface area (Å²) in [6.07, 6.45) is 0. The number of nitrogens with zero attached hydrogens (tertiary/aromatic N) is 1. The van der Waals surface area contributed by atoms with E-state index in [2.05, 4.69) is 5.32 Å². The molecule has 1 aliphatic heterocycles. The molecule has 0 bridgehead atoms. The number of carboxylic acid groups (broad SMARTS) is 1. The SMILES string of the molecule is CC(C)C(NC(=O)CN1C(=O)C(Cl)=C(Cl)C1=O)C(=O)O. The van der Waals surface area contributed by atoms with Gasteiger partial charge in [0.25, 0.3) is 11.8 Å². The Hall–Kier alpha value is -1.60. The first kappa shape index (κ1) is 16.5. The Morgan fingerprint density at radius 3 is 2.00 bits per heavy atom. The van der Waals surface area contributed by atoms with Crippen molar-refractivity contribution in [2.24, 2.45) is 5.92 Å². The van der Waals surface area contributed by atoms with Crippen molar-refractivity contribution in [2.75, 3.05) is 6.54 Å². The maximum atomic E-state index is 11.7. The van der Waals surface area contributed by atoms with E-state index in [1.807, 2.05) is 0 Å². The van der Waals surface area contributed by atoms with Crippen molar-refractivity contribution in [3.63, 3.8) is 0 Å². The van der Waals surface area contributed by atoms with Crippen LogP contribution >= 0.6 is 23.2 Å². The van der Waals surface area contributed by atoms with Crippen molar-refractivity contribution in [3.05, 3.63) is 10.1 Å². The minimum absolute atomic E-state index is 0.355. The first-order valence-electron chi connectivity index (χ1n) is 5.60. The minimum Gasteiger partial charge on any atom is -0.480 e. The molecular formula is C11H12Cl2N2O5. The maximum Gasteiger partial charge on any atom is 0.326 e. The Labute approximate surface area is 124 Å². The molecular weight excluding hydrogens is 311 g/mol. The van der Waals surface area contributed by atoms with E-state index < -0.39 is 46.3 Å². The molecule has 0 aromatic rings. The minimum atomic E-state index is -1.21. The molecule has 7 nitrogen and oxygen atoms in total. The van der Waals surface area contributed by atoms with Gasteiger partial charge >= 0.3 is 5.97 Å². The zero-order valence-electron chi connectivity index (χ0n) is 10.6. The third-order valence-electron chi connectivity index (χ3n) is 2.61. The molecule has 1 aliphatic rings. The van der Waals surface area contributed by atoms with Crippen molar-refractivity contribution in [1.82, 2.24) is 10.2 Å². The van der Waals surface area contributed by atoms with Gasteiger partial charge in [-0.15, -0.1) is 0 Å². The number of rotatable bonds is 5. The van der Waals surface area contributed by atoms with Gasteiger partial charge < -0.3 is 10.4 Å². The molecule has 0 radical (unpaired) electrons. The molecule has 1 atom stereocenters. The van der Waals surface area contributed by atoms with Crippen LogP contribution in [0.5, 0.6) is 0 Å². The van der Waals surface area contributed by atoms with Gasteiger partial charge in [0.1, 0.15) is 22.7 Å². The van der Waals surface area contributed by atoms with Crippen molar-refractivity contribution in [1.29, 1.82) is 0 Å². The van der Waals surface area contributed by atoms with Gasteiger partial charge in [-0.05, 0) is 5.92 Å². The van der Waals surface area contributed by atoms with Crippen LogP contribution in [0.3, 0.4) is 0 Å². The second kappa shape index (κ2) is 6.23. The van der Waals surface area contributed by atoms with Gasteiger partial charge in [0.05, 0.1) is 0 Å². The number of halogens is 2. The highest BCUT2D eigenvalue weighted by Crippen LogP contribution is 2.26. The molecule has 9 heteroatoms. The van der Waals surface area contributed by atoms with E-state index in [1.165, 1.54) is 0 Å². The second-order valence-corrected chi connectivity index (χ2v) is 5.21. The van der Waals surface area contributed by atoms with E-state index in [4.69, 9.17) is 28.3 Å². The topological polar surface area (TPSA) is 104 Å². The lowest BCUT2D eigenvalue weighted by atomic mass is 10.0. The van der Waals surface area contributed by atoms with Crippen molar-refractivity contribution < 1.29 is 24.3 Å². The number of hydrogen-bond donors (Lipinski definition) is 2. The first-order valence-corrected chi connectivity index (χ1v) is 6.36. The van der Waals surface area contributed by atoms with Crippen molar-refractivity contribution in [3.8, 4) is 0 Å². The van der Waals surface area contributed by atoms with E-state index in [9.17, 15) is 19.2 Å². The van der Waals surface area contributed by atoms with Crippen LogP contribution in [0.1, 0.15) is 13.8 Å². The lowest BCUT2D eigenvalue weighted by Gasteiger charge is -2.20. The summed E-state index contributed by atoms with van der Waals surface area (Å²) in [5, 5.41) is 10.2. The third-order valence-corrected chi connectivity index (χ3v) is 3.41. The van der Waals surface area contributed by atoms with Gasteiger partial charge in [0, 0.05) is 0 Å². The second-order valence-electron chi connectivity index (χ2n) is 4.45. The molecule has 110 valence electrons. The molecule has 0 aromatic heterocycles. The van der Waals surface area contributed by atoms with Crippen molar-refractivity contribution >= 4 is 46.9 Å². The molecule has 0 aliphatic carbocycles. The number of amides is 3. The zero-order chi connectivity index (χ0) is 15.6. The fourth-order valence-electron chi connectivity index (χ4n) is 1.54. The molecule has 0 saturated carbocycles. The molecule has 0 saturated heterocycles. The molecule has 1 rings (SSSR count). The molecule has 20 heavy (non-hydrogen) atoms. The Morgan fingerprint density at radius 2 is 1.65 bits per heavy atom. The highest BCUT2D eigenvalue weighted by atomic mass is 35.5. The predicted molar refractivity (Wildman–Crippen MR) is 69.9 cm³/mol. The smallest absolute Gasteiger partial charge is 0.326 e. The van der Waals surface area contributed by atoms with Crippen LogP contribution in [0.4, 0.5) is 0 Å². The zero-order valence-corrected chi connectivity index (χ0v) is 12.2. The molecule has 0 spiro atoms. The van der Waals surface area contributed by atoms with Crippen LogP contribution in [0.25, 0.3) is 0 Å². The summed E-state index contributed by atoms with van der Waals surface area (Å²) in [6.45, 7) is 2.58. The molecule has 3 amide bonds. The van der Waals surface area contributed by atoms with Gasteiger partial charge in [-0.25, -0.2) is 4.79 Å². The summed E-state index contributed by atoms with van der Waals surface area (Å²) >= 11 is 11.0. The van der Waals surface area contributed by atoms with Crippen molar-refractivity contribution in [2.45, 2.75) is 19.9 Å². The number of hydrogen-bond acceptors (Lipinski definition) is 4. The number of nitrogens with one attached hydrogen (secondary N) is 1. The van der Waals surface area contributed by atoms with E-state index in [1.54, 1.807) is 13.8 Å². The van der Waals surface area contributed by atoms with E-state index in [0.29, 0.717) is 4.90 Å². The number of carbonyl (C=O) groups is 4. The van der Waals surface area contributed by atoms with Crippen LogP contribution in [0, 0.1) is 5.92 Å². The largest absolute Gasteiger partial charge is 0.480 e. The normalized spacial score (nSPS) is 16.9.